The number of halogens is 1. The van der Waals surface area contributed by atoms with Crippen LogP contribution in [0.5, 0.6) is 11.5 Å². The highest BCUT2D eigenvalue weighted by atomic mass is 79.9. The number of para-hydroxylation sites is 1. The molecule has 0 saturated carbocycles. The number of aryl methyl sites for hydroxylation is 2. The Morgan fingerprint density at radius 3 is 2.35 bits per heavy atom. The number of nitrogens with one attached hydrogen (secondary N) is 2. The summed E-state index contributed by atoms with van der Waals surface area (Å²) in [4.78, 5) is 22.8. The second-order valence-corrected chi connectivity index (χ2v) is 10.7. The number of aromatic nitrogens is 4. The molecule has 0 aliphatic carbocycles. The summed E-state index contributed by atoms with van der Waals surface area (Å²) in [5.74, 6) is 1.51. The van der Waals surface area contributed by atoms with Gasteiger partial charge in [0.05, 0.1) is 37.8 Å². The van der Waals surface area contributed by atoms with Crippen LogP contribution in [-0.2, 0) is 19.4 Å². The second kappa shape index (κ2) is 13.5. The van der Waals surface area contributed by atoms with Crippen molar-refractivity contribution < 1.29 is 14.3 Å². The Morgan fingerprint density at radius 2 is 1.67 bits per heavy atom. The smallest absolute Gasteiger partial charge is 0.276 e. The first-order valence-electron chi connectivity index (χ1n) is 14.0. The van der Waals surface area contributed by atoms with Gasteiger partial charge in [-0.1, -0.05) is 60.1 Å². The molecular formula is C33H33BrN6O3. The Balaban J connectivity index is 1.51. The normalized spacial score (nSPS) is 10.8. The van der Waals surface area contributed by atoms with Crippen LogP contribution in [0.3, 0.4) is 0 Å². The van der Waals surface area contributed by atoms with E-state index in [0.717, 1.165) is 51.1 Å². The number of nitrogens with zero attached hydrogens (tertiary/aromatic N) is 4. The van der Waals surface area contributed by atoms with Gasteiger partial charge < -0.3 is 20.1 Å². The van der Waals surface area contributed by atoms with Gasteiger partial charge in [-0.15, -0.1) is 0 Å². The van der Waals surface area contributed by atoms with E-state index in [-0.39, 0.29) is 5.91 Å². The maximum atomic E-state index is 13.6. The first kappa shape index (κ1) is 29.8. The van der Waals surface area contributed by atoms with Gasteiger partial charge in [-0.3, -0.25) is 9.48 Å². The van der Waals surface area contributed by atoms with Crippen molar-refractivity contribution in [1.29, 1.82) is 0 Å². The van der Waals surface area contributed by atoms with E-state index in [1.165, 1.54) is 0 Å². The molecule has 9 nitrogen and oxygen atoms in total. The van der Waals surface area contributed by atoms with Gasteiger partial charge in [0.25, 0.3) is 5.91 Å². The van der Waals surface area contributed by atoms with Crippen molar-refractivity contribution in [3.05, 3.63) is 106 Å². The molecule has 5 aromatic rings. The first-order valence-corrected chi connectivity index (χ1v) is 14.8. The fourth-order valence-corrected chi connectivity index (χ4v) is 5.13. The lowest BCUT2D eigenvalue weighted by molar-refractivity contribution is 0.102. The predicted octanol–water partition coefficient (Wildman–Crippen LogP) is 7.29. The summed E-state index contributed by atoms with van der Waals surface area (Å²) in [6.07, 6.45) is 3.28. The van der Waals surface area contributed by atoms with E-state index >= 15 is 0 Å². The largest absolute Gasteiger partial charge is 0.497 e. The number of amides is 1. The zero-order valence-electron chi connectivity index (χ0n) is 24.5. The summed E-state index contributed by atoms with van der Waals surface area (Å²) in [7, 11) is 3.24. The summed E-state index contributed by atoms with van der Waals surface area (Å²) in [5.41, 5.74) is 6.30. The van der Waals surface area contributed by atoms with Gasteiger partial charge in [0.1, 0.15) is 11.5 Å². The minimum atomic E-state index is -0.280. The minimum absolute atomic E-state index is 0.280. The number of rotatable bonds is 11. The molecule has 2 heterocycles. The zero-order valence-corrected chi connectivity index (χ0v) is 26.1. The lowest BCUT2D eigenvalue weighted by Crippen LogP contribution is -2.16. The van der Waals surface area contributed by atoms with Crippen LogP contribution in [0.4, 0.5) is 17.3 Å². The number of benzene rings is 3. The van der Waals surface area contributed by atoms with Crippen LogP contribution in [0.15, 0.2) is 83.5 Å². The second-order valence-electron chi connectivity index (χ2n) is 9.77. The number of hydrogen-bond acceptors (Lipinski definition) is 7. The van der Waals surface area contributed by atoms with Crippen molar-refractivity contribution in [3.8, 4) is 22.9 Å². The zero-order chi connectivity index (χ0) is 30.3. The third-order valence-corrected chi connectivity index (χ3v) is 7.56. The van der Waals surface area contributed by atoms with Gasteiger partial charge in [-0.25, -0.2) is 9.97 Å². The van der Waals surface area contributed by atoms with Gasteiger partial charge in [0.15, 0.2) is 5.69 Å². The Labute approximate surface area is 259 Å². The monoisotopic (exact) mass is 640 g/mol. The maximum Gasteiger partial charge on any atom is 0.276 e. The van der Waals surface area contributed by atoms with Crippen LogP contribution in [0.25, 0.3) is 11.4 Å². The van der Waals surface area contributed by atoms with Crippen molar-refractivity contribution >= 4 is 39.2 Å². The van der Waals surface area contributed by atoms with E-state index in [0.29, 0.717) is 35.3 Å². The molecule has 5 rings (SSSR count). The highest BCUT2D eigenvalue weighted by Gasteiger charge is 2.20. The molecule has 43 heavy (non-hydrogen) atoms. The van der Waals surface area contributed by atoms with Crippen molar-refractivity contribution in [3.63, 3.8) is 0 Å². The third kappa shape index (κ3) is 6.86. The molecule has 3 aromatic carbocycles. The minimum Gasteiger partial charge on any atom is -0.497 e. The Bertz CT molecular complexity index is 1710. The Kier molecular flexibility index (Phi) is 9.36. The van der Waals surface area contributed by atoms with E-state index in [2.05, 4.69) is 45.4 Å². The molecule has 1 amide bonds. The molecular weight excluding hydrogens is 608 g/mol. The topological polar surface area (TPSA) is 103 Å². The Morgan fingerprint density at radius 1 is 0.930 bits per heavy atom. The molecule has 0 spiro atoms. The third-order valence-electron chi connectivity index (χ3n) is 7.07. The lowest BCUT2D eigenvalue weighted by atomic mass is 10.0. The first-order chi connectivity index (χ1) is 20.9. The van der Waals surface area contributed by atoms with E-state index in [9.17, 15) is 4.79 Å². The maximum absolute atomic E-state index is 13.6. The van der Waals surface area contributed by atoms with Gasteiger partial charge in [0.2, 0.25) is 5.95 Å². The number of carbonyl (C=O) groups is 1. The molecule has 0 unspecified atom stereocenters. The van der Waals surface area contributed by atoms with E-state index in [1.807, 2.05) is 60.7 Å². The van der Waals surface area contributed by atoms with Crippen LogP contribution in [0, 0.1) is 0 Å². The summed E-state index contributed by atoms with van der Waals surface area (Å²) >= 11 is 3.47. The van der Waals surface area contributed by atoms with E-state index in [4.69, 9.17) is 19.6 Å². The molecule has 0 radical (unpaired) electrons. The van der Waals surface area contributed by atoms with Crippen molar-refractivity contribution in [2.75, 3.05) is 24.9 Å². The molecule has 0 atom stereocenters. The van der Waals surface area contributed by atoms with Crippen molar-refractivity contribution in [2.45, 2.75) is 33.2 Å². The van der Waals surface area contributed by atoms with Crippen LogP contribution >= 0.6 is 15.9 Å². The van der Waals surface area contributed by atoms with Gasteiger partial charge in [-0.05, 0) is 72.0 Å². The molecule has 220 valence electrons. The van der Waals surface area contributed by atoms with Crippen LogP contribution < -0.4 is 20.1 Å². The number of ether oxygens (including phenoxy) is 2. The number of hydrogen-bond donors (Lipinski definition) is 2. The fourth-order valence-electron chi connectivity index (χ4n) is 4.79. The lowest BCUT2D eigenvalue weighted by Gasteiger charge is -2.13. The summed E-state index contributed by atoms with van der Waals surface area (Å²) in [6, 6.07) is 23.1. The van der Waals surface area contributed by atoms with Gasteiger partial charge in [0, 0.05) is 16.4 Å². The van der Waals surface area contributed by atoms with Gasteiger partial charge >= 0.3 is 0 Å². The van der Waals surface area contributed by atoms with E-state index < -0.39 is 0 Å². The standard InChI is InChI=1S/C33H33BrN6O3/c1-5-22-8-7-9-23(6-2)31(22)38-32(41)28-19-29(40(39-28)20-21-10-13-25(42-3)14-11-21)26-16-17-35-33(36-26)37-27-15-12-24(34)18-30(27)43-4/h7-19H,5-6,20H2,1-4H3,(H,38,41)(H,35,36,37). The Hall–Kier alpha value is -4.70. The average Bonchev–Trinajstić information content (AvgIpc) is 3.46. The van der Waals surface area contributed by atoms with Gasteiger partial charge in [-0.2, -0.15) is 5.10 Å². The number of carbonyl (C=O) groups excluding carboxylic acids is 1. The summed E-state index contributed by atoms with van der Waals surface area (Å²) in [5, 5.41) is 11.1. The summed E-state index contributed by atoms with van der Waals surface area (Å²) in [6.45, 7) is 4.58. The molecule has 0 fully saturated rings. The number of methoxy groups -OCH3 is 2. The predicted molar refractivity (Wildman–Crippen MR) is 172 cm³/mol. The van der Waals surface area contributed by atoms with E-state index in [1.54, 1.807) is 37.2 Å². The van der Waals surface area contributed by atoms with Crippen LogP contribution in [0.1, 0.15) is 41.0 Å². The van der Waals surface area contributed by atoms with Crippen molar-refractivity contribution in [2.24, 2.45) is 0 Å². The highest BCUT2D eigenvalue weighted by Crippen LogP contribution is 2.31. The average molecular weight is 642 g/mol. The number of anilines is 3. The van der Waals surface area contributed by atoms with Crippen LogP contribution in [0.2, 0.25) is 0 Å². The molecule has 0 bridgehead atoms. The molecule has 2 N–H and O–H groups in total. The van der Waals surface area contributed by atoms with Crippen molar-refractivity contribution in [1.82, 2.24) is 19.7 Å². The molecule has 0 aliphatic heterocycles. The fraction of sp³-hybridized carbons (Fsp3) is 0.212. The van der Waals surface area contributed by atoms with Crippen LogP contribution in [-0.4, -0.2) is 39.9 Å². The highest BCUT2D eigenvalue weighted by molar-refractivity contribution is 9.10. The summed E-state index contributed by atoms with van der Waals surface area (Å²) < 4.78 is 13.5. The SMILES string of the molecule is CCc1cccc(CC)c1NC(=O)c1cc(-c2ccnc(Nc3ccc(Br)cc3OC)n2)n(Cc2ccc(OC)cc2)n1. The molecule has 0 saturated heterocycles. The molecule has 2 aromatic heterocycles. The molecule has 0 aliphatic rings. The molecule has 10 heteroatoms. The quantitative estimate of drug-likeness (QED) is 0.156.